The zero-order chi connectivity index (χ0) is 27.1. The minimum atomic E-state index is -4.54. The van der Waals surface area contributed by atoms with E-state index in [9.17, 15) is 22.4 Å². The molecule has 198 valence electrons. The summed E-state index contributed by atoms with van der Waals surface area (Å²) in [6, 6.07) is 18.3. The molecule has 0 atom stereocenters. The number of hydrogen-bond acceptors (Lipinski definition) is 3. The molecule has 2 heterocycles. The lowest BCUT2D eigenvalue weighted by atomic mass is 9.82. The molecule has 0 unspecified atom stereocenters. The van der Waals surface area contributed by atoms with Crippen LogP contribution >= 0.6 is 0 Å². The topological polar surface area (TPSA) is 47.8 Å². The first-order chi connectivity index (χ1) is 18.2. The van der Waals surface area contributed by atoms with Crippen LogP contribution in [0.2, 0.25) is 0 Å². The van der Waals surface area contributed by atoms with E-state index in [-0.39, 0.29) is 29.5 Å². The highest BCUT2D eigenvalue weighted by molar-refractivity contribution is 5.66. The predicted molar refractivity (Wildman–Crippen MR) is 139 cm³/mol. The lowest BCUT2D eigenvalue weighted by Gasteiger charge is -2.24. The van der Waals surface area contributed by atoms with E-state index >= 15 is 0 Å². The van der Waals surface area contributed by atoms with Gasteiger partial charge in [-0.3, -0.25) is 9.78 Å². The van der Waals surface area contributed by atoms with Gasteiger partial charge in [0.2, 0.25) is 0 Å². The molecule has 4 aromatic rings. The van der Waals surface area contributed by atoms with E-state index in [2.05, 4.69) is 10.1 Å². The van der Waals surface area contributed by atoms with Gasteiger partial charge in [0.1, 0.15) is 5.82 Å². The summed E-state index contributed by atoms with van der Waals surface area (Å²) in [7, 11) is 0. The highest BCUT2D eigenvalue weighted by atomic mass is 19.4. The molecule has 2 aromatic carbocycles. The van der Waals surface area contributed by atoms with Crippen molar-refractivity contribution in [2.24, 2.45) is 0 Å². The Bertz CT molecular complexity index is 1390. The molecule has 0 radical (unpaired) electrons. The van der Waals surface area contributed by atoms with E-state index in [0.29, 0.717) is 5.56 Å². The van der Waals surface area contributed by atoms with Gasteiger partial charge in [-0.2, -0.15) is 18.3 Å². The smallest absolute Gasteiger partial charge is 0.267 e. The van der Waals surface area contributed by atoms with Crippen molar-refractivity contribution >= 4 is 0 Å². The number of aryl methyl sites for hydroxylation is 1. The highest BCUT2D eigenvalue weighted by Gasteiger charge is 2.34. The summed E-state index contributed by atoms with van der Waals surface area (Å²) in [6.45, 7) is 1.55. The summed E-state index contributed by atoms with van der Waals surface area (Å²) in [5, 5.41) is 4.23. The summed E-state index contributed by atoms with van der Waals surface area (Å²) in [5.41, 5.74) is 1.89. The van der Waals surface area contributed by atoms with Crippen molar-refractivity contribution in [2.45, 2.75) is 57.7 Å². The maximum Gasteiger partial charge on any atom is 0.418 e. The van der Waals surface area contributed by atoms with Crippen LogP contribution in [0.5, 0.6) is 0 Å². The molecule has 0 N–H and O–H groups in total. The van der Waals surface area contributed by atoms with Crippen molar-refractivity contribution in [1.82, 2.24) is 14.8 Å². The fourth-order valence-electron chi connectivity index (χ4n) is 4.82. The molecule has 2 aromatic heterocycles. The zero-order valence-electron chi connectivity index (χ0n) is 21.1. The van der Waals surface area contributed by atoms with Crippen molar-refractivity contribution in [3.63, 3.8) is 0 Å². The van der Waals surface area contributed by atoms with Crippen molar-refractivity contribution in [1.29, 1.82) is 0 Å². The lowest BCUT2D eigenvalue weighted by molar-refractivity contribution is -0.138. The van der Waals surface area contributed by atoms with Crippen LogP contribution in [0, 0.1) is 12.7 Å². The van der Waals surface area contributed by atoms with Crippen LogP contribution in [-0.2, 0) is 12.7 Å². The molecule has 0 saturated heterocycles. The number of aromatic nitrogens is 3. The molecular formula is C30H29F4N3O. The first-order valence-electron chi connectivity index (χ1n) is 12.6. The molecule has 8 heteroatoms. The quantitative estimate of drug-likeness (QED) is 0.260. The van der Waals surface area contributed by atoms with Crippen molar-refractivity contribution in [2.75, 3.05) is 0 Å². The number of pyridine rings is 1. The normalized spacial score (nSPS) is 14.0. The molecule has 1 saturated carbocycles. The van der Waals surface area contributed by atoms with Crippen molar-refractivity contribution in [3.05, 3.63) is 118 Å². The monoisotopic (exact) mass is 523 g/mol. The fraction of sp³-hybridized carbons (Fsp3) is 0.300. The molecule has 0 spiro atoms. The average molecular weight is 524 g/mol. The molecule has 1 aliphatic rings. The van der Waals surface area contributed by atoms with Crippen LogP contribution in [-0.4, -0.2) is 14.8 Å². The number of nitrogens with zero attached hydrogens (tertiary/aromatic N) is 3. The van der Waals surface area contributed by atoms with E-state index in [4.69, 9.17) is 0 Å². The van der Waals surface area contributed by atoms with E-state index in [1.54, 1.807) is 12.3 Å². The molecule has 0 amide bonds. The Morgan fingerprint density at radius 3 is 2.32 bits per heavy atom. The van der Waals surface area contributed by atoms with Gasteiger partial charge in [-0.25, -0.2) is 9.07 Å². The van der Waals surface area contributed by atoms with Crippen molar-refractivity contribution in [3.8, 4) is 11.1 Å². The Morgan fingerprint density at radius 2 is 1.68 bits per heavy atom. The van der Waals surface area contributed by atoms with E-state index in [1.807, 2.05) is 43.3 Å². The van der Waals surface area contributed by atoms with Gasteiger partial charge in [0.05, 0.1) is 24.0 Å². The van der Waals surface area contributed by atoms with E-state index in [1.165, 1.54) is 24.4 Å². The standard InChI is InChI=1S/C23H22F3N3O.C7H7F/c24-23(25,26)19-12-7-13-27-20(19)15-29-22(30)21(17-10-5-2-6-11-17)18(14-28-29)16-8-3-1-4-9-16;1-6-3-2-4-7(8)5-6/h1,3-4,7-9,12-14,17H,2,5-6,10-11,15H2;2-5H,1H3. The van der Waals surface area contributed by atoms with Gasteiger partial charge < -0.3 is 0 Å². The van der Waals surface area contributed by atoms with Gasteiger partial charge in [-0.05, 0) is 61.1 Å². The molecular weight excluding hydrogens is 494 g/mol. The number of benzene rings is 2. The first kappa shape index (κ1) is 27.2. The highest BCUT2D eigenvalue weighted by Crippen LogP contribution is 2.36. The summed E-state index contributed by atoms with van der Waals surface area (Å²) in [6.07, 6.45) is 3.39. The van der Waals surface area contributed by atoms with Gasteiger partial charge in [0.15, 0.2) is 0 Å². The van der Waals surface area contributed by atoms with E-state index in [0.717, 1.165) is 59.5 Å². The van der Waals surface area contributed by atoms with Crippen LogP contribution in [0.25, 0.3) is 11.1 Å². The second kappa shape index (κ2) is 12.2. The first-order valence-corrected chi connectivity index (χ1v) is 12.6. The fourth-order valence-corrected chi connectivity index (χ4v) is 4.82. The number of rotatable bonds is 4. The minimum Gasteiger partial charge on any atom is -0.267 e. The second-order valence-corrected chi connectivity index (χ2v) is 9.43. The van der Waals surface area contributed by atoms with Gasteiger partial charge in [-0.1, -0.05) is 61.7 Å². The van der Waals surface area contributed by atoms with Gasteiger partial charge >= 0.3 is 6.18 Å². The molecule has 0 bridgehead atoms. The number of hydrogen-bond donors (Lipinski definition) is 0. The third kappa shape index (κ3) is 6.73. The summed E-state index contributed by atoms with van der Waals surface area (Å²) >= 11 is 0. The van der Waals surface area contributed by atoms with E-state index < -0.39 is 11.7 Å². The Balaban J connectivity index is 0.000000360. The van der Waals surface area contributed by atoms with Gasteiger partial charge in [0.25, 0.3) is 5.56 Å². The molecule has 1 fully saturated rings. The maximum absolute atomic E-state index is 13.4. The Labute approximate surface area is 219 Å². The van der Waals surface area contributed by atoms with Crippen LogP contribution in [0.1, 0.15) is 60.4 Å². The lowest BCUT2D eigenvalue weighted by Crippen LogP contribution is -2.30. The van der Waals surface area contributed by atoms with Crippen LogP contribution < -0.4 is 5.56 Å². The minimum absolute atomic E-state index is 0.0847. The molecule has 1 aliphatic carbocycles. The SMILES string of the molecule is Cc1cccc(F)c1.O=c1c(C2CCCCC2)c(-c2ccccc2)cnn1Cc1ncccc1C(F)(F)F. The van der Waals surface area contributed by atoms with Gasteiger partial charge in [-0.15, -0.1) is 0 Å². The number of alkyl halides is 3. The third-order valence-electron chi connectivity index (χ3n) is 6.65. The molecule has 38 heavy (non-hydrogen) atoms. The summed E-state index contributed by atoms with van der Waals surface area (Å²) in [5.74, 6) is -0.0773. The largest absolute Gasteiger partial charge is 0.418 e. The van der Waals surface area contributed by atoms with Crippen LogP contribution in [0.4, 0.5) is 17.6 Å². The van der Waals surface area contributed by atoms with Gasteiger partial charge in [0, 0.05) is 17.3 Å². The number of halogens is 4. The van der Waals surface area contributed by atoms with Crippen molar-refractivity contribution < 1.29 is 17.6 Å². The Kier molecular flexibility index (Phi) is 8.71. The Hall–Kier alpha value is -3.81. The van der Waals surface area contributed by atoms with Crippen LogP contribution in [0.15, 0.2) is 83.9 Å². The average Bonchev–Trinajstić information content (AvgIpc) is 2.91. The second-order valence-electron chi connectivity index (χ2n) is 9.43. The Morgan fingerprint density at radius 1 is 0.947 bits per heavy atom. The summed E-state index contributed by atoms with van der Waals surface area (Å²) < 4.78 is 53.4. The predicted octanol–water partition coefficient (Wildman–Crippen LogP) is 7.55. The molecule has 5 rings (SSSR count). The summed E-state index contributed by atoms with van der Waals surface area (Å²) in [4.78, 5) is 17.3. The molecule has 0 aliphatic heterocycles. The van der Waals surface area contributed by atoms with Crippen LogP contribution in [0.3, 0.4) is 0 Å². The zero-order valence-corrected chi connectivity index (χ0v) is 21.1. The molecule has 4 nitrogen and oxygen atoms in total. The third-order valence-corrected chi connectivity index (χ3v) is 6.65. The maximum atomic E-state index is 13.4.